The zero-order valence-electron chi connectivity index (χ0n) is 7.84. The van der Waals surface area contributed by atoms with Gasteiger partial charge >= 0.3 is 6.09 Å². The molecular formula is C8H14N2O2. The van der Waals surface area contributed by atoms with Crippen LogP contribution in [0.25, 0.3) is 0 Å². The van der Waals surface area contributed by atoms with Gasteiger partial charge in [-0.05, 0) is 27.7 Å². The Morgan fingerprint density at radius 2 is 2.08 bits per heavy atom. The van der Waals surface area contributed by atoms with Crippen LogP contribution in [0.2, 0.25) is 0 Å². The van der Waals surface area contributed by atoms with Gasteiger partial charge < -0.3 is 10.1 Å². The zero-order valence-corrected chi connectivity index (χ0v) is 7.84. The summed E-state index contributed by atoms with van der Waals surface area (Å²) in [5.74, 6) is 0. The molecule has 1 unspecified atom stereocenters. The third-order valence-electron chi connectivity index (χ3n) is 0.943. The first-order valence-electron chi connectivity index (χ1n) is 3.73. The monoisotopic (exact) mass is 170 g/mol. The minimum Gasteiger partial charge on any atom is -0.431 e. The van der Waals surface area contributed by atoms with Crippen LogP contribution in [-0.2, 0) is 4.74 Å². The average molecular weight is 170 g/mol. The van der Waals surface area contributed by atoms with Crippen LogP contribution in [0.4, 0.5) is 4.79 Å². The van der Waals surface area contributed by atoms with Crippen LogP contribution in [-0.4, -0.2) is 17.7 Å². The van der Waals surface area contributed by atoms with Crippen LogP contribution in [0.1, 0.15) is 27.7 Å². The van der Waals surface area contributed by atoms with Crippen molar-refractivity contribution in [1.82, 2.24) is 5.32 Å². The topological polar surface area (TPSA) is 62.1 Å². The van der Waals surface area contributed by atoms with E-state index in [1.807, 2.05) is 20.8 Å². The van der Waals surface area contributed by atoms with E-state index in [1.165, 1.54) is 6.92 Å². The second-order valence-electron chi connectivity index (χ2n) is 3.55. The number of alkyl carbamates (subject to hydrolysis) is 1. The number of hydrogen-bond acceptors (Lipinski definition) is 3. The first kappa shape index (κ1) is 10.8. The third kappa shape index (κ3) is 5.54. The van der Waals surface area contributed by atoms with Crippen molar-refractivity contribution in [3.8, 4) is 6.07 Å². The molecule has 0 radical (unpaired) electrons. The van der Waals surface area contributed by atoms with Crippen LogP contribution in [0.5, 0.6) is 0 Å². The normalized spacial score (nSPS) is 12.9. The molecule has 0 bridgehead atoms. The van der Waals surface area contributed by atoms with Gasteiger partial charge in [0.1, 0.15) is 6.07 Å². The molecule has 4 nitrogen and oxygen atoms in total. The van der Waals surface area contributed by atoms with E-state index in [4.69, 9.17) is 5.26 Å². The fraction of sp³-hybridized carbons (Fsp3) is 0.750. The van der Waals surface area contributed by atoms with Gasteiger partial charge in [-0.2, -0.15) is 5.26 Å². The van der Waals surface area contributed by atoms with E-state index in [1.54, 1.807) is 6.07 Å². The SMILES string of the molecule is CC(C#N)OC(=O)NC(C)(C)C. The highest BCUT2D eigenvalue weighted by Crippen LogP contribution is 2.00. The molecule has 0 rings (SSSR count). The first-order valence-corrected chi connectivity index (χ1v) is 3.73. The largest absolute Gasteiger partial charge is 0.431 e. The molecule has 0 aliphatic rings. The Balaban J connectivity index is 3.85. The summed E-state index contributed by atoms with van der Waals surface area (Å²) in [4.78, 5) is 10.9. The predicted octanol–water partition coefficient (Wildman–Crippen LogP) is 1.42. The van der Waals surface area contributed by atoms with Gasteiger partial charge in [0.25, 0.3) is 0 Å². The highest BCUT2D eigenvalue weighted by Gasteiger charge is 2.16. The van der Waals surface area contributed by atoms with Crippen molar-refractivity contribution in [3.63, 3.8) is 0 Å². The number of amides is 1. The zero-order chi connectivity index (χ0) is 9.78. The minimum atomic E-state index is -0.702. The standard InChI is InChI=1S/C8H14N2O2/c1-6(5-9)12-7(11)10-8(2,3)4/h6H,1-4H3,(H,10,11). The number of nitrogens with zero attached hydrogens (tertiary/aromatic N) is 1. The van der Waals surface area contributed by atoms with Crippen LogP contribution >= 0.6 is 0 Å². The van der Waals surface area contributed by atoms with E-state index in [2.05, 4.69) is 10.1 Å². The molecule has 0 spiro atoms. The number of nitrogens with one attached hydrogen (secondary N) is 1. The summed E-state index contributed by atoms with van der Waals surface area (Å²) in [6, 6.07) is 1.80. The van der Waals surface area contributed by atoms with Crippen molar-refractivity contribution in [1.29, 1.82) is 5.26 Å². The summed E-state index contributed by atoms with van der Waals surface area (Å²) in [7, 11) is 0. The van der Waals surface area contributed by atoms with Crippen molar-refractivity contribution in [2.45, 2.75) is 39.3 Å². The first-order chi connectivity index (χ1) is 5.35. The van der Waals surface area contributed by atoms with E-state index in [0.29, 0.717) is 0 Å². The fourth-order valence-corrected chi connectivity index (χ4v) is 0.523. The lowest BCUT2D eigenvalue weighted by Crippen LogP contribution is -2.41. The van der Waals surface area contributed by atoms with Crippen LogP contribution in [0, 0.1) is 11.3 Å². The molecule has 1 atom stereocenters. The second kappa shape index (κ2) is 3.96. The van der Waals surface area contributed by atoms with E-state index >= 15 is 0 Å². The summed E-state index contributed by atoms with van der Waals surface area (Å²) in [5, 5.41) is 10.9. The van der Waals surface area contributed by atoms with Crippen molar-refractivity contribution in [3.05, 3.63) is 0 Å². The number of ether oxygens (including phenoxy) is 1. The maximum absolute atomic E-state index is 10.9. The third-order valence-corrected chi connectivity index (χ3v) is 0.943. The number of hydrogen-bond donors (Lipinski definition) is 1. The lowest BCUT2D eigenvalue weighted by atomic mass is 10.1. The Morgan fingerprint density at radius 1 is 1.58 bits per heavy atom. The van der Waals surface area contributed by atoms with Crippen LogP contribution in [0.3, 0.4) is 0 Å². The highest BCUT2D eigenvalue weighted by molar-refractivity contribution is 5.68. The minimum absolute atomic E-state index is 0.327. The van der Waals surface area contributed by atoms with Gasteiger partial charge in [0, 0.05) is 5.54 Å². The van der Waals surface area contributed by atoms with Gasteiger partial charge in [-0.15, -0.1) is 0 Å². The number of nitriles is 1. The molecule has 0 saturated heterocycles. The Hall–Kier alpha value is -1.24. The van der Waals surface area contributed by atoms with Crippen molar-refractivity contribution >= 4 is 6.09 Å². The predicted molar refractivity (Wildman–Crippen MR) is 44.4 cm³/mol. The second-order valence-corrected chi connectivity index (χ2v) is 3.55. The molecule has 0 aliphatic heterocycles. The van der Waals surface area contributed by atoms with Gasteiger partial charge in [-0.1, -0.05) is 0 Å². The number of carbonyl (C=O) groups is 1. The molecule has 1 amide bonds. The van der Waals surface area contributed by atoms with Crippen LogP contribution in [0.15, 0.2) is 0 Å². The Bertz CT molecular complexity index is 200. The molecule has 0 aromatic rings. The molecule has 4 heteroatoms. The summed E-state index contributed by atoms with van der Waals surface area (Å²) in [6.07, 6.45) is -1.26. The van der Waals surface area contributed by atoms with Crippen molar-refractivity contribution in [2.24, 2.45) is 0 Å². The number of rotatable bonds is 1. The molecule has 68 valence electrons. The smallest absolute Gasteiger partial charge is 0.408 e. The Labute approximate surface area is 72.5 Å². The molecule has 0 fully saturated rings. The summed E-state index contributed by atoms with van der Waals surface area (Å²) in [6.45, 7) is 7.03. The van der Waals surface area contributed by atoms with Crippen molar-refractivity contribution < 1.29 is 9.53 Å². The summed E-state index contributed by atoms with van der Waals surface area (Å²) >= 11 is 0. The Morgan fingerprint density at radius 3 is 2.42 bits per heavy atom. The summed E-state index contributed by atoms with van der Waals surface area (Å²) in [5.41, 5.74) is -0.327. The van der Waals surface area contributed by atoms with Gasteiger partial charge in [0.15, 0.2) is 6.10 Å². The molecular weight excluding hydrogens is 156 g/mol. The molecule has 0 heterocycles. The lowest BCUT2D eigenvalue weighted by molar-refractivity contribution is 0.122. The van der Waals surface area contributed by atoms with E-state index in [9.17, 15) is 4.79 Å². The highest BCUT2D eigenvalue weighted by atomic mass is 16.6. The quantitative estimate of drug-likeness (QED) is 0.647. The molecule has 0 aliphatic carbocycles. The van der Waals surface area contributed by atoms with E-state index in [-0.39, 0.29) is 5.54 Å². The molecule has 0 aromatic carbocycles. The van der Waals surface area contributed by atoms with Crippen molar-refractivity contribution in [2.75, 3.05) is 0 Å². The van der Waals surface area contributed by atoms with E-state index < -0.39 is 12.2 Å². The van der Waals surface area contributed by atoms with Crippen LogP contribution < -0.4 is 5.32 Å². The molecule has 0 aromatic heterocycles. The lowest BCUT2D eigenvalue weighted by Gasteiger charge is -2.20. The molecule has 1 N–H and O–H groups in total. The maximum atomic E-state index is 10.9. The number of carbonyl (C=O) groups excluding carboxylic acids is 1. The summed E-state index contributed by atoms with van der Waals surface area (Å²) < 4.78 is 4.66. The average Bonchev–Trinajstić information content (AvgIpc) is 1.82. The Kier molecular flexibility index (Phi) is 3.55. The van der Waals surface area contributed by atoms with Gasteiger partial charge in [0.05, 0.1) is 0 Å². The van der Waals surface area contributed by atoms with Gasteiger partial charge in [-0.3, -0.25) is 0 Å². The van der Waals surface area contributed by atoms with Gasteiger partial charge in [-0.25, -0.2) is 4.79 Å². The van der Waals surface area contributed by atoms with Gasteiger partial charge in [0.2, 0.25) is 0 Å². The fourth-order valence-electron chi connectivity index (χ4n) is 0.523. The van der Waals surface area contributed by atoms with E-state index in [0.717, 1.165) is 0 Å². The molecule has 12 heavy (non-hydrogen) atoms. The molecule has 0 saturated carbocycles. The maximum Gasteiger partial charge on any atom is 0.408 e.